The van der Waals surface area contributed by atoms with Gasteiger partial charge in [-0.2, -0.15) is 5.26 Å². The van der Waals surface area contributed by atoms with E-state index in [0.29, 0.717) is 22.6 Å². The van der Waals surface area contributed by atoms with Gasteiger partial charge in [-0.3, -0.25) is 0 Å². The number of benzene rings is 4. The third kappa shape index (κ3) is 3.68. The van der Waals surface area contributed by atoms with Gasteiger partial charge in [0.1, 0.15) is 23.1 Å². The first-order valence-electron chi connectivity index (χ1n) is 10.5. The van der Waals surface area contributed by atoms with E-state index in [2.05, 4.69) is 6.07 Å². The second kappa shape index (κ2) is 8.18. The lowest BCUT2D eigenvalue weighted by atomic mass is 9.81. The van der Waals surface area contributed by atoms with Crippen LogP contribution < -0.4 is 15.2 Å². The van der Waals surface area contributed by atoms with Crippen molar-refractivity contribution in [3.05, 3.63) is 119 Å². The predicted molar refractivity (Wildman–Crippen MR) is 126 cm³/mol. The molecule has 1 unspecified atom stereocenters. The summed E-state index contributed by atoms with van der Waals surface area (Å²) in [7, 11) is 0. The number of hydrogen-bond acceptors (Lipinski definition) is 5. The first-order chi connectivity index (χ1) is 16.0. The molecule has 1 atom stereocenters. The fourth-order valence-corrected chi connectivity index (χ4v) is 4.18. The summed E-state index contributed by atoms with van der Waals surface area (Å²) in [5.74, 6) is -0.0166. The summed E-state index contributed by atoms with van der Waals surface area (Å²) in [5.41, 5.74) is 9.77. The summed E-state index contributed by atoms with van der Waals surface area (Å²) in [4.78, 5) is 12.5. The third-order valence-electron chi connectivity index (χ3n) is 5.82. The maximum Gasteiger partial charge on any atom is 0.343 e. The normalized spacial score (nSPS) is 14.8. The highest BCUT2D eigenvalue weighted by Gasteiger charge is 2.32. The van der Waals surface area contributed by atoms with Gasteiger partial charge in [-0.25, -0.2) is 4.79 Å². The van der Waals surface area contributed by atoms with Crippen LogP contribution in [-0.2, 0) is 0 Å². The van der Waals surface area contributed by atoms with E-state index < -0.39 is 11.9 Å². The van der Waals surface area contributed by atoms with E-state index in [1.807, 2.05) is 67.6 Å². The molecular formula is C28H20N2O3. The molecule has 4 aromatic rings. The molecule has 0 aliphatic carbocycles. The van der Waals surface area contributed by atoms with Crippen molar-refractivity contribution in [1.82, 2.24) is 0 Å². The maximum atomic E-state index is 12.5. The monoisotopic (exact) mass is 432 g/mol. The number of allylic oxidation sites excluding steroid dienone is 1. The Morgan fingerprint density at radius 3 is 2.52 bits per heavy atom. The van der Waals surface area contributed by atoms with Gasteiger partial charge in [-0.1, -0.05) is 66.2 Å². The molecule has 0 amide bonds. The van der Waals surface area contributed by atoms with Crippen molar-refractivity contribution in [2.45, 2.75) is 12.8 Å². The molecule has 0 saturated heterocycles. The van der Waals surface area contributed by atoms with Gasteiger partial charge in [0.05, 0.1) is 11.5 Å². The maximum absolute atomic E-state index is 12.5. The zero-order valence-corrected chi connectivity index (χ0v) is 17.9. The van der Waals surface area contributed by atoms with Crippen LogP contribution >= 0.6 is 0 Å². The summed E-state index contributed by atoms with van der Waals surface area (Å²) in [6, 6.07) is 28.6. The molecule has 5 nitrogen and oxygen atoms in total. The van der Waals surface area contributed by atoms with Crippen LogP contribution in [0.2, 0.25) is 0 Å². The molecule has 160 valence electrons. The minimum absolute atomic E-state index is 0.0462. The van der Waals surface area contributed by atoms with Gasteiger partial charge in [0, 0.05) is 11.6 Å². The molecule has 5 rings (SSSR count). The molecule has 5 heteroatoms. The smallest absolute Gasteiger partial charge is 0.343 e. The van der Waals surface area contributed by atoms with Crippen LogP contribution in [0.4, 0.5) is 0 Å². The molecule has 1 heterocycles. The van der Waals surface area contributed by atoms with Crippen molar-refractivity contribution in [3.63, 3.8) is 0 Å². The van der Waals surface area contributed by atoms with Crippen LogP contribution in [0.15, 0.2) is 96.4 Å². The van der Waals surface area contributed by atoms with Crippen LogP contribution in [0.1, 0.15) is 33.0 Å². The Morgan fingerprint density at radius 1 is 0.970 bits per heavy atom. The van der Waals surface area contributed by atoms with Crippen LogP contribution in [-0.4, -0.2) is 5.97 Å². The van der Waals surface area contributed by atoms with Gasteiger partial charge in [0.25, 0.3) is 0 Å². The lowest BCUT2D eigenvalue weighted by Crippen LogP contribution is -2.21. The first-order valence-corrected chi connectivity index (χ1v) is 10.5. The van der Waals surface area contributed by atoms with Crippen molar-refractivity contribution < 1.29 is 14.3 Å². The number of esters is 1. The molecule has 2 N–H and O–H groups in total. The lowest BCUT2D eigenvalue weighted by molar-refractivity contribution is 0.0734. The SMILES string of the molecule is Cc1ccc(C(=O)Oc2ccc3c(c2)OC(N)=C(C#N)C3c2cccc3ccccc23)cc1. The van der Waals surface area contributed by atoms with Gasteiger partial charge < -0.3 is 15.2 Å². The minimum atomic E-state index is -0.461. The molecule has 0 saturated carbocycles. The number of ether oxygens (including phenoxy) is 2. The number of nitriles is 1. The van der Waals surface area contributed by atoms with Crippen LogP contribution in [0.3, 0.4) is 0 Å². The van der Waals surface area contributed by atoms with Gasteiger partial charge in [-0.15, -0.1) is 0 Å². The first kappa shape index (κ1) is 20.3. The number of fused-ring (bicyclic) bond motifs is 2. The van der Waals surface area contributed by atoms with E-state index in [0.717, 1.165) is 27.5 Å². The quantitative estimate of drug-likeness (QED) is 0.337. The molecular weight excluding hydrogens is 412 g/mol. The molecule has 0 aromatic heterocycles. The average molecular weight is 432 g/mol. The third-order valence-corrected chi connectivity index (χ3v) is 5.82. The number of nitrogens with two attached hydrogens (primary N) is 1. The summed E-state index contributed by atoms with van der Waals surface area (Å²) in [6.45, 7) is 1.95. The van der Waals surface area contributed by atoms with Crippen LogP contribution in [0.5, 0.6) is 11.5 Å². The van der Waals surface area contributed by atoms with E-state index >= 15 is 0 Å². The topological polar surface area (TPSA) is 85.3 Å². The molecule has 4 aromatic carbocycles. The zero-order chi connectivity index (χ0) is 22.9. The fourth-order valence-electron chi connectivity index (χ4n) is 4.18. The Labute approximate surface area is 191 Å². The summed E-state index contributed by atoms with van der Waals surface area (Å²) in [6.07, 6.45) is 0. The van der Waals surface area contributed by atoms with Crippen LogP contribution in [0.25, 0.3) is 10.8 Å². The lowest BCUT2D eigenvalue weighted by Gasteiger charge is -2.27. The largest absolute Gasteiger partial charge is 0.440 e. The van der Waals surface area contributed by atoms with E-state index in [9.17, 15) is 10.1 Å². The Bertz CT molecular complexity index is 1460. The number of carbonyl (C=O) groups is 1. The van der Waals surface area contributed by atoms with Crippen molar-refractivity contribution in [2.24, 2.45) is 5.73 Å². The Hall–Kier alpha value is -4.56. The summed E-state index contributed by atoms with van der Waals surface area (Å²) in [5, 5.41) is 12.0. The summed E-state index contributed by atoms with van der Waals surface area (Å²) >= 11 is 0. The average Bonchev–Trinajstić information content (AvgIpc) is 2.83. The fraction of sp³-hybridized carbons (Fsp3) is 0.0714. The molecule has 1 aliphatic rings. The molecule has 0 bridgehead atoms. The number of aryl methyl sites for hydroxylation is 1. The molecule has 0 spiro atoms. The standard InChI is InChI=1S/C28H20N2O3/c1-17-9-11-19(12-10-17)28(31)32-20-13-14-23-25(15-20)33-27(30)24(16-29)26(23)22-8-4-6-18-5-2-3-7-21(18)22/h2-15,26H,30H2,1H3. The van der Waals surface area contributed by atoms with Gasteiger partial charge >= 0.3 is 5.97 Å². The Morgan fingerprint density at radius 2 is 1.73 bits per heavy atom. The van der Waals surface area contributed by atoms with Crippen molar-refractivity contribution in [1.29, 1.82) is 5.26 Å². The highest BCUT2D eigenvalue weighted by Crippen LogP contribution is 2.45. The van der Waals surface area contributed by atoms with Crippen LogP contribution in [0, 0.1) is 18.3 Å². The van der Waals surface area contributed by atoms with Crippen molar-refractivity contribution in [2.75, 3.05) is 0 Å². The molecule has 1 aliphatic heterocycles. The van der Waals surface area contributed by atoms with Gasteiger partial charge in [0.15, 0.2) is 0 Å². The van der Waals surface area contributed by atoms with E-state index in [1.54, 1.807) is 24.3 Å². The highest BCUT2D eigenvalue weighted by atomic mass is 16.5. The second-order valence-electron chi connectivity index (χ2n) is 7.95. The van der Waals surface area contributed by atoms with E-state index in [4.69, 9.17) is 15.2 Å². The molecule has 0 fully saturated rings. The zero-order valence-electron chi connectivity index (χ0n) is 17.9. The molecule has 0 radical (unpaired) electrons. The van der Waals surface area contributed by atoms with Crippen molar-refractivity contribution in [3.8, 4) is 17.6 Å². The van der Waals surface area contributed by atoms with Gasteiger partial charge in [0.2, 0.25) is 5.88 Å². The summed E-state index contributed by atoms with van der Waals surface area (Å²) < 4.78 is 11.4. The van der Waals surface area contributed by atoms with E-state index in [1.165, 1.54) is 0 Å². The Balaban J connectivity index is 1.56. The molecule has 33 heavy (non-hydrogen) atoms. The van der Waals surface area contributed by atoms with Crippen molar-refractivity contribution >= 4 is 16.7 Å². The second-order valence-corrected chi connectivity index (χ2v) is 7.95. The van der Waals surface area contributed by atoms with Gasteiger partial charge in [-0.05, 0) is 41.5 Å². The number of carbonyl (C=O) groups excluding carboxylic acids is 1. The Kier molecular flexibility index (Phi) is 5.04. The highest BCUT2D eigenvalue weighted by molar-refractivity contribution is 5.91. The minimum Gasteiger partial charge on any atom is -0.440 e. The van der Waals surface area contributed by atoms with E-state index in [-0.39, 0.29) is 5.88 Å². The number of rotatable bonds is 3. The number of nitrogens with zero attached hydrogens (tertiary/aromatic N) is 1. The number of hydrogen-bond donors (Lipinski definition) is 1. The predicted octanol–water partition coefficient (Wildman–Crippen LogP) is 5.59.